The summed E-state index contributed by atoms with van der Waals surface area (Å²) in [5.41, 5.74) is 3.68. The van der Waals surface area contributed by atoms with E-state index in [0.717, 1.165) is 18.7 Å². The Morgan fingerprint density at radius 2 is 2.20 bits per heavy atom. The third-order valence-corrected chi connectivity index (χ3v) is 4.98. The molecule has 2 aromatic heterocycles. The average molecular weight is 362 g/mol. The summed E-state index contributed by atoms with van der Waals surface area (Å²) in [5.74, 6) is -0.230. The molecule has 0 saturated carbocycles. The van der Waals surface area contributed by atoms with Crippen LogP contribution < -0.4 is 10.2 Å². The number of carbonyl (C=O) groups is 1. The molecular weight excluding hydrogens is 339 g/mol. The molecule has 0 unspecified atom stereocenters. The fourth-order valence-corrected chi connectivity index (χ4v) is 3.74. The highest BCUT2D eigenvalue weighted by atomic mass is 32.1. The largest absolute Gasteiger partial charge is 0.351 e. The molecule has 3 heterocycles. The van der Waals surface area contributed by atoms with Gasteiger partial charge in [-0.2, -0.15) is 4.39 Å². The third kappa shape index (κ3) is 4.15. The number of amides is 1. The number of nitrogens with zero attached hydrogens (tertiary/aromatic N) is 3. The summed E-state index contributed by atoms with van der Waals surface area (Å²) in [4.78, 5) is 23.8. The molecule has 0 bridgehead atoms. The molecule has 1 aliphatic rings. The van der Waals surface area contributed by atoms with E-state index < -0.39 is 5.95 Å². The quantitative estimate of drug-likeness (QED) is 0.841. The van der Waals surface area contributed by atoms with Gasteiger partial charge in [0.25, 0.3) is 0 Å². The van der Waals surface area contributed by atoms with Crippen LogP contribution in [0.1, 0.15) is 43.3 Å². The van der Waals surface area contributed by atoms with E-state index >= 15 is 0 Å². The molecule has 1 aliphatic heterocycles. The predicted octanol–water partition coefficient (Wildman–Crippen LogP) is 3.92. The number of pyridine rings is 1. The van der Waals surface area contributed by atoms with Gasteiger partial charge in [0.05, 0.1) is 23.4 Å². The Balaban J connectivity index is 1.78. The van der Waals surface area contributed by atoms with Gasteiger partial charge in [-0.1, -0.05) is 20.8 Å². The summed E-state index contributed by atoms with van der Waals surface area (Å²) < 4.78 is 14.5. The van der Waals surface area contributed by atoms with Gasteiger partial charge in [-0.05, 0) is 24.0 Å². The van der Waals surface area contributed by atoms with Gasteiger partial charge in [0, 0.05) is 24.3 Å². The summed E-state index contributed by atoms with van der Waals surface area (Å²) >= 11 is 1.62. The molecule has 0 spiro atoms. The number of fused-ring (bicyclic) bond motifs is 1. The molecule has 0 fully saturated rings. The number of halogens is 1. The number of hydrogen-bond donors (Lipinski definition) is 1. The lowest BCUT2D eigenvalue weighted by atomic mass is 9.92. The lowest BCUT2D eigenvalue weighted by Crippen LogP contribution is -2.31. The van der Waals surface area contributed by atoms with E-state index in [-0.39, 0.29) is 17.0 Å². The number of thiazole rings is 1. The lowest BCUT2D eigenvalue weighted by Gasteiger charge is -2.28. The Kier molecular flexibility index (Phi) is 4.77. The third-order valence-electron chi connectivity index (χ3n) is 4.12. The first-order valence-electron chi connectivity index (χ1n) is 8.36. The Morgan fingerprint density at radius 3 is 2.88 bits per heavy atom. The standard InChI is InChI=1S/C18H23FN4OS/c1-11-7-14(23-6-5-12-13(9-23)25-10-20-12)21-17(19)16(11)22-15(24)8-18(2,3)4/h7,10H,5-6,8-9H2,1-4H3,(H,22,24). The van der Waals surface area contributed by atoms with Crippen molar-refractivity contribution in [2.75, 3.05) is 16.8 Å². The highest BCUT2D eigenvalue weighted by Crippen LogP contribution is 2.29. The van der Waals surface area contributed by atoms with Gasteiger partial charge in [-0.25, -0.2) is 9.97 Å². The summed E-state index contributed by atoms with van der Waals surface area (Å²) in [5, 5.41) is 2.67. The zero-order chi connectivity index (χ0) is 18.2. The molecule has 0 saturated heterocycles. The van der Waals surface area contributed by atoms with Crippen molar-refractivity contribution < 1.29 is 9.18 Å². The fourth-order valence-electron chi connectivity index (χ4n) is 2.91. The van der Waals surface area contributed by atoms with Gasteiger partial charge in [-0.15, -0.1) is 11.3 Å². The Labute approximate surface area is 151 Å². The van der Waals surface area contributed by atoms with Gasteiger partial charge in [0.15, 0.2) is 0 Å². The summed E-state index contributed by atoms with van der Waals surface area (Å²) in [6, 6.07) is 1.84. The zero-order valence-electron chi connectivity index (χ0n) is 15.0. The Bertz CT molecular complexity index is 774. The molecule has 1 amide bonds. The van der Waals surface area contributed by atoms with Crippen molar-refractivity contribution in [1.82, 2.24) is 9.97 Å². The van der Waals surface area contributed by atoms with Gasteiger partial charge in [0.2, 0.25) is 11.9 Å². The van der Waals surface area contributed by atoms with Crippen LogP contribution in [0.4, 0.5) is 15.9 Å². The number of hydrogen-bond acceptors (Lipinski definition) is 5. The van der Waals surface area contributed by atoms with E-state index in [1.54, 1.807) is 18.3 Å². The van der Waals surface area contributed by atoms with Gasteiger partial charge in [-0.3, -0.25) is 4.79 Å². The minimum atomic E-state index is -0.632. The number of rotatable bonds is 3. The Morgan fingerprint density at radius 1 is 1.44 bits per heavy atom. The number of aryl methyl sites for hydroxylation is 1. The van der Waals surface area contributed by atoms with Crippen LogP contribution in [0.3, 0.4) is 0 Å². The topological polar surface area (TPSA) is 58.1 Å². The van der Waals surface area contributed by atoms with Crippen molar-refractivity contribution in [3.63, 3.8) is 0 Å². The van der Waals surface area contributed by atoms with Crippen LogP contribution in [-0.2, 0) is 17.8 Å². The van der Waals surface area contributed by atoms with E-state index in [0.29, 0.717) is 24.3 Å². The maximum absolute atomic E-state index is 14.5. The predicted molar refractivity (Wildman–Crippen MR) is 98.5 cm³/mol. The first-order chi connectivity index (χ1) is 11.7. The van der Waals surface area contributed by atoms with Gasteiger partial charge in [0.1, 0.15) is 5.82 Å². The van der Waals surface area contributed by atoms with Crippen LogP contribution in [0.2, 0.25) is 0 Å². The molecule has 0 aromatic carbocycles. The monoisotopic (exact) mass is 362 g/mol. The number of nitrogens with one attached hydrogen (secondary N) is 1. The van der Waals surface area contributed by atoms with Crippen LogP contribution >= 0.6 is 11.3 Å². The summed E-state index contributed by atoms with van der Waals surface area (Å²) in [6.07, 6.45) is 1.17. The minimum absolute atomic E-state index is 0.151. The lowest BCUT2D eigenvalue weighted by molar-refractivity contribution is -0.117. The SMILES string of the molecule is Cc1cc(N2CCc3ncsc3C2)nc(F)c1NC(=O)CC(C)(C)C. The first kappa shape index (κ1) is 17.8. The summed E-state index contributed by atoms with van der Waals surface area (Å²) in [7, 11) is 0. The van der Waals surface area contributed by atoms with Crippen LogP contribution in [0.25, 0.3) is 0 Å². The fraction of sp³-hybridized carbons (Fsp3) is 0.500. The van der Waals surface area contributed by atoms with E-state index in [2.05, 4.69) is 20.2 Å². The van der Waals surface area contributed by atoms with E-state index in [1.807, 2.05) is 32.3 Å². The first-order valence-corrected chi connectivity index (χ1v) is 9.24. The highest BCUT2D eigenvalue weighted by molar-refractivity contribution is 7.09. The molecule has 0 radical (unpaired) electrons. The normalized spacial score (nSPS) is 14.4. The van der Waals surface area contributed by atoms with Crippen LogP contribution in [0, 0.1) is 18.3 Å². The van der Waals surface area contributed by atoms with Crippen molar-refractivity contribution in [2.24, 2.45) is 5.41 Å². The molecular formula is C18H23FN4OS. The Hall–Kier alpha value is -2.02. The average Bonchev–Trinajstić information content (AvgIpc) is 2.96. The van der Waals surface area contributed by atoms with E-state index in [1.165, 1.54) is 4.88 Å². The maximum Gasteiger partial charge on any atom is 0.238 e. The molecule has 7 heteroatoms. The summed E-state index contributed by atoms with van der Waals surface area (Å²) in [6.45, 7) is 9.17. The molecule has 3 rings (SSSR count). The van der Waals surface area contributed by atoms with Crippen molar-refractivity contribution in [3.05, 3.63) is 33.7 Å². The van der Waals surface area contributed by atoms with Crippen LogP contribution in [0.15, 0.2) is 11.6 Å². The van der Waals surface area contributed by atoms with E-state index in [9.17, 15) is 9.18 Å². The second-order valence-corrected chi connectivity index (χ2v) is 8.58. The second-order valence-electron chi connectivity index (χ2n) is 7.64. The number of carbonyl (C=O) groups excluding carboxylic acids is 1. The van der Waals surface area contributed by atoms with Gasteiger partial charge < -0.3 is 10.2 Å². The molecule has 0 atom stereocenters. The minimum Gasteiger partial charge on any atom is -0.351 e. The van der Waals surface area contributed by atoms with Crippen LogP contribution in [-0.4, -0.2) is 22.4 Å². The molecule has 2 aromatic rings. The van der Waals surface area contributed by atoms with Crippen molar-refractivity contribution >= 4 is 28.7 Å². The van der Waals surface area contributed by atoms with Crippen molar-refractivity contribution in [1.29, 1.82) is 0 Å². The molecule has 134 valence electrons. The molecule has 0 aliphatic carbocycles. The zero-order valence-corrected chi connectivity index (χ0v) is 15.8. The highest BCUT2D eigenvalue weighted by Gasteiger charge is 2.23. The van der Waals surface area contributed by atoms with Crippen molar-refractivity contribution in [2.45, 2.75) is 47.1 Å². The maximum atomic E-state index is 14.5. The van der Waals surface area contributed by atoms with E-state index in [4.69, 9.17) is 0 Å². The molecule has 1 N–H and O–H groups in total. The van der Waals surface area contributed by atoms with Crippen LogP contribution in [0.5, 0.6) is 0 Å². The smallest absolute Gasteiger partial charge is 0.238 e. The van der Waals surface area contributed by atoms with Gasteiger partial charge >= 0.3 is 0 Å². The second kappa shape index (κ2) is 6.71. The van der Waals surface area contributed by atoms with Crippen molar-refractivity contribution in [3.8, 4) is 0 Å². The number of aromatic nitrogens is 2. The molecule has 5 nitrogen and oxygen atoms in total. The number of anilines is 2. The molecule has 25 heavy (non-hydrogen) atoms.